The predicted molar refractivity (Wildman–Crippen MR) is 81.7 cm³/mol. The SMILES string of the molecule is O=C(Cc1ccc2c(c1)OCO2)NCc1nnc2c(=O)[nH]ccn12. The number of aromatic nitrogens is 4. The van der Waals surface area contributed by atoms with E-state index in [4.69, 9.17) is 9.47 Å². The van der Waals surface area contributed by atoms with Crippen LogP contribution in [0.15, 0.2) is 35.4 Å². The molecule has 122 valence electrons. The van der Waals surface area contributed by atoms with Gasteiger partial charge in [0.1, 0.15) is 0 Å². The van der Waals surface area contributed by atoms with E-state index in [0.29, 0.717) is 17.3 Å². The highest BCUT2D eigenvalue weighted by atomic mass is 16.7. The van der Waals surface area contributed by atoms with Crippen LogP contribution in [0.4, 0.5) is 0 Å². The van der Waals surface area contributed by atoms with Gasteiger partial charge in [-0.3, -0.25) is 14.0 Å². The number of nitrogens with one attached hydrogen (secondary N) is 2. The Morgan fingerprint density at radius 2 is 2.17 bits per heavy atom. The number of benzene rings is 1. The molecule has 0 saturated heterocycles. The van der Waals surface area contributed by atoms with Crippen LogP contribution in [-0.2, 0) is 17.8 Å². The minimum Gasteiger partial charge on any atom is -0.454 e. The lowest BCUT2D eigenvalue weighted by molar-refractivity contribution is -0.120. The van der Waals surface area contributed by atoms with Crippen molar-refractivity contribution in [3.8, 4) is 11.5 Å². The van der Waals surface area contributed by atoms with E-state index < -0.39 is 0 Å². The summed E-state index contributed by atoms with van der Waals surface area (Å²) >= 11 is 0. The number of fused-ring (bicyclic) bond motifs is 2. The van der Waals surface area contributed by atoms with E-state index in [-0.39, 0.29) is 36.9 Å². The third-order valence-electron chi connectivity index (χ3n) is 3.65. The van der Waals surface area contributed by atoms with E-state index in [1.165, 1.54) is 6.20 Å². The smallest absolute Gasteiger partial charge is 0.293 e. The Morgan fingerprint density at radius 3 is 3.08 bits per heavy atom. The van der Waals surface area contributed by atoms with E-state index in [0.717, 1.165) is 5.56 Å². The van der Waals surface area contributed by atoms with Crippen LogP contribution in [0.1, 0.15) is 11.4 Å². The Hall–Kier alpha value is -3.36. The zero-order valence-corrected chi connectivity index (χ0v) is 12.5. The Morgan fingerprint density at radius 1 is 1.29 bits per heavy atom. The first-order valence-corrected chi connectivity index (χ1v) is 7.27. The maximum atomic E-state index is 12.1. The standard InChI is InChI=1S/C15H13N5O4/c21-13(6-9-1-2-10-11(5-9)24-8-23-10)17-7-12-18-19-14-15(22)16-3-4-20(12)14/h1-5H,6-8H2,(H,16,22)(H,17,21). The Labute approximate surface area is 135 Å². The first-order valence-electron chi connectivity index (χ1n) is 7.27. The molecule has 9 nitrogen and oxygen atoms in total. The fraction of sp³-hybridized carbons (Fsp3) is 0.200. The number of hydrogen-bond acceptors (Lipinski definition) is 6. The van der Waals surface area contributed by atoms with Gasteiger partial charge in [-0.1, -0.05) is 6.07 Å². The van der Waals surface area contributed by atoms with Gasteiger partial charge in [-0.2, -0.15) is 0 Å². The van der Waals surface area contributed by atoms with Gasteiger partial charge in [-0.15, -0.1) is 10.2 Å². The number of aromatic amines is 1. The van der Waals surface area contributed by atoms with Crippen LogP contribution in [-0.4, -0.2) is 32.3 Å². The van der Waals surface area contributed by atoms with Crippen molar-refractivity contribution >= 4 is 11.6 Å². The largest absolute Gasteiger partial charge is 0.454 e. The van der Waals surface area contributed by atoms with Crippen molar-refractivity contribution in [2.24, 2.45) is 0 Å². The summed E-state index contributed by atoms with van der Waals surface area (Å²) in [5.41, 5.74) is 0.680. The molecule has 4 rings (SSSR count). The average Bonchev–Trinajstić information content (AvgIpc) is 3.20. The van der Waals surface area contributed by atoms with Crippen LogP contribution in [0, 0.1) is 0 Å². The fourth-order valence-electron chi connectivity index (χ4n) is 2.48. The van der Waals surface area contributed by atoms with Crippen molar-refractivity contribution in [2.45, 2.75) is 13.0 Å². The molecule has 0 spiro atoms. The number of amides is 1. The maximum absolute atomic E-state index is 12.1. The minimum absolute atomic E-state index is 0.171. The number of carbonyl (C=O) groups excluding carboxylic acids is 1. The van der Waals surface area contributed by atoms with E-state index in [1.54, 1.807) is 22.7 Å². The number of H-pyrrole nitrogens is 1. The molecular formula is C15H13N5O4. The second-order valence-corrected chi connectivity index (χ2v) is 5.24. The topological polar surface area (TPSA) is 111 Å². The summed E-state index contributed by atoms with van der Waals surface area (Å²) in [5.74, 6) is 1.63. The minimum atomic E-state index is -0.331. The molecule has 3 aromatic rings. The number of ether oxygens (including phenoxy) is 2. The zero-order chi connectivity index (χ0) is 16.5. The van der Waals surface area contributed by atoms with Crippen molar-refractivity contribution in [1.29, 1.82) is 0 Å². The Bertz CT molecular complexity index is 977. The van der Waals surface area contributed by atoms with Gasteiger partial charge < -0.3 is 19.8 Å². The summed E-state index contributed by atoms with van der Waals surface area (Å²) in [7, 11) is 0. The van der Waals surface area contributed by atoms with E-state index in [2.05, 4.69) is 20.5 Å². The lowest BCUT2D eigenvalue weighted by atomic mass is 10.1. The molecule has 0 fully saturated rings. The van der Waals surface area contributed by atoms with Gasteiger partial charge in [0.25, 0.3) is 5.56 Å². The lowest BCUT2D eigenvalue weighted by Gasteiger charge is -2.05. The molecule has 9 heteroatoms. The van der Waals surface area contributed by atoms with Gasteiger partial charge in [0.2, 0.25) is 18.3 Å². The molecule has 0 atom stereocenters. The van der Waals surface area contributed by atoms with Crippen molar-refractivity contribution in [3.63, 3.8) is 0 Å². The monoisotopic (exact) mass is 327 g/mol. The molecule has 3 heterocycles. The van der Waals surface area contributed by atoms with Crippen LogP contribution in [0.25, 0.3) is 5.65 Å². The summed E-state index contributed by atoms with van der Waals surface area (Å²) < 4.78 is 12.1. The van der Waals surface area contributed by atoms with Crippen LogP contribution < -0.4 is 20.3 Å². The number of hydrogen-bond donors (Lipinski definition) is 2. The van der Waals surface area contributed by atoms with Gasteiger partial charge in [-0.05, 0) is 17.7 Å². The molecule has 0 radical (unpaired) electrons. The Kier molecular flexibility index (Phi) is 3.38. The highest BCUT2D eigenvalue weighted by Crippen LogP contribution is 2.32. The van der Waals surface area contributed by atoms with Gasteiger partial charge >= 0.3 is 0 Å². The van der Waals surface area contributed by atoms with Crippen LogP contribution in [0.3, 0.4) is 0 Å². The molecule has 1 aliphatic heterocycles. The van der Waals surface area contributed by atoms with E-state index in [1.807, 2.05) is 6.07 Å². The zero-order valence-electron chi connectivity index (χ0n) is 12.5. The van der Waals surface area contributed by atoms with Crippen LogP contribution in [0.2, 0.25) is 0 Å². The van der Waals surface area contributed by atoms with Crippen molar-refractivity contribution in [1.82, 2.24) is 24.9 Å². The molecular weight excluding hydrogens is 314 g/mol. The molecule has 2 aromatic heterocycles. The molecule has 1 aromatic carbocycles. The quantitative estimate of drug-likeness (QED) is 0.698. The molecule has 24 heavy (non-hydrogen) atoms. The highest BCUT2D eigenvalue weighted by Gasteiger charge is 2.15. The summed E-state index contributed by atoms with van der Waals surface area (Å²) in [6, 6.07) is 5.39. The lowest BCUT2D eigenvalue weighted by Crippen LogP contribution is -2.25. The molecule has 0 saturated carbocycles. The number of nitrogens with zero attached hydrogens (tertiary/aromatic N) is 3. The highest BCUT2D eigenvalue weighted by molar-refractivity contribution is 5.78. The van der Waals surface area contributed by atoms with Crippen LogP contribution in [0.5, 0.6) is 11.5 Å². The number of rotatable bonds is 4. The average molecular weight is 327 g/mol. The van der Waals surface area contributed by atoms with Gasteiger partial charge in [0, 0.05) is 12.4 Å². The molecule has 0 unspecified atom stereocenters. The normalized spacial score (nSPS) is 12.5. The van der Waals surface area contributed by atoms with Crippen molar-refractivity contribution in [2.75, 3.05) is 6.79 Å². The van der Waals surface area contributed by atoms with Crippen molar-refractivity contribution in [3.05, 3.63) is 52.3 Å². The third kappa shape index (κ3) is 2.56. The first kappa shape index (κ1) is 14.2. The summed E-state index contributed by atoms with van der Waals surface area (Å²) in [6.45, 7) is 0.373. The second kappa shape index (κ2) is 5.69. The first-order chi connectivity index (χ1) is 11.7. The van der Waals surface area contributed by atoms with Gasteiger partial charge in [-0.25, -0.2) is 0 Å². The van der Waals surface area contributed by atoms with Gasteiger partial charge in [0.15, 0.2) is 17.3 Å². The van der Waals surface area contributed by atoms with Crippen molar-refractivity contribution < 1.29 is 14.3 Å². The fourth-order valence-corrected chi connectivity index (χ4v) is 2.48. The van der Waals surface area contributed by atoms with E-state index >= 15 is 0 Å². The molecule has 1 amide bonds. The molecule has 0 bridgehead atoms. The maximum Gasteiger partial charge on any atom is 0.293 e. The third-order valence-corrected chi connectivity index (χ3v) is 3.65. The molecule has 0 aliphatic carbocycles. The predicted octanol–water partition coefficient (Wildman–Crippen LogP) is 0.00520. The number of carbonyl (C=O) groups is 1. The second-order valence-electron chi connectivity index (χ2n) is 5.24. The van der Waals surface area contributed by atoms with Gasteiger partial charge in [0.05, 0.1) is 13.0 Å². The van der Waals surface area contributed by atoms with E-state index in [9.17, 15) is 9.59 Å². The Balaban J connectivity index is 1.43. The summed E-state index contributed by atoms with van der Waals surface area (Å²) in [4.78, 5) is 26.2. The summed E-state index contributed by atoms with van der Waals surface area (Å²) in [5, 5.41) is 10.5. The molecule has 2 N–H and O–H groups in total. The van der Waals surface area contributed by atoms with Crippen LogP contribution >= 0.6 is 0 Å². The summed E-state index contributed by atoms with van der Waals surface area (Å²) in [6.07, 6.45) is 3.33. The molecule has 1 aliphatic rings.